The van der Waals surface area contributed by atoms with Crippen LogP contribution >= 0.6 is 15.9 Å². The first kappa shape index (κ1) is 21.2. The summed E-state index contributed by atoms with van der Waals surface area (Å²) >= 11 is 3.31. The van der Waals surface area contributed by atoms with Crippen molar-refractivity contribution >= 4 is 34.0 Å². The fourth-order valence-corrected chi connectivity index (χ4v) is 2.53. The summed E-state index contributed by atoms with van der Waals surface area (Å²) in [7, 11) is 0. The lowest BCUT2D eigenvalue weighted by Crippen LogP contribution is -2.24. The van der Waals surface area contributed by atoms with Crippen LogP contribution in [0.25, 0.3) is 0 Å². The molecule has 0 fully saturated rings. The molecule has 1 amide bonds. The van der Waals surface area contributed by atoms with Gasteiger partial charge in [0.05, 0.1) is 11.8 Å². The Kier molecular flexibility index (Phi) is 7.29. The molecule has 3 rings (SSSR count). The number of carbonyl (C=O) groups excluding carboxylic acids is 2. The Morgan fingerprint density at radius 1 is 0.933 bits per heavy atom. The summed E-state index contributed by atoms with van der Waals surface area (Å²) in [5.41, 5.74) is 3.46. The highest BCUT2D eigenvalue weighted by Crippen LogP contribution is 2.16. The van der Waals surface area contributed by atoms with Gasteiger partial charge in [-0.15, -0.1) is 0 Å². The average Bonchev–Trinajstić information content (AvgIpc) is 2.75. The largest absolute Gasteiger partial charge is 0.484 e. The second kappa shape index (κ2) is 10.3. The van der Waals surface area contributed by atoms with Gasteiger partial charge >= 0.3 is 5.97 Å². The Morgan fingerprint density at radius 2 is 1.57 bits per heavy atom. The van der Waals surface area contributed by atoms with Gasteiger partial charge in [0.2, 0.25) is 0 Å². The van der Waals surface area contributed by atoms with E-state index in [1.54, 1.807) is 48.5 Å². The predicted molar refractivity (Wildman–Crippen MR) is 113 cm³/mol. The Morgan fingerprint density at radius 3 is 2.23 bits per heavy atom. The molecule has 0 aliphatic heterocycles. The highest BCUT2D eigenvalue weighted by molar-refractivity contribution is 9.10. The molecule has 3 aromatic rings. The van der Waals surface area contributed by atoms with E-state index in [4.69, 9.17) is 9.47 Å². The van der Waals surface area contributed by atoms with E-state index in [2.05, 4.69) is 26.5 Å². The maximum absolute atomic E-state index is 12.8. The molecule has 1 N–H and O–H groups in total. The number of carbonyl (C=O) groups is 2. The molecular weight excluding hydrogens is 455 g/mol. The van der Waals surface area contributed by atoms with Crippen molar-refractivity contribution in [3.63, 3.8) is 0 Å². The van der Waals surface area contributed by atoms with E-state index in [1.807, 2.05) is 0 Å². The molecule has 0 saturated heterocycles. The highest BCUT2D eigenvalue weighted by Gasteiger charge is 2.08. The molecule has 0 aliphatic rings. The van der Waals surface area contributed by atoms with Gasteiger partial charge < -0.3 is 9.47 Å². The lowest BCUT2D eigenvalue weighted by atomic mass is 10.2. The van der Waals surface area contributed by atoms with Crippen molar-refractivity contribution in [1.82, 2.24) is 5.43 Å². The van der Waals surface area contributed by atoms with E-state index < -0.39 is 11.9 Å². The standard InChI is InChI=1S/C22H16BrFN2O4/c23-17-5-3-16(4-6-17)22(28)30-20-9-1-15(2-10-20)13-25-26-21(27)14-29-19-11-7-18(24)8-12-19/h1-13H,14H2,(H,26,27)/b25-13+. The highest BCUT2D eigenvalue weighted by atomic mass is 79.9. The monoisotopic (exact) mass is 470 g/mol. The fourth-order valence-electron chi connectivity index (χ4n) is 2.26. The Balaban J connectivity index is 1.45. The number of amides is 1. The molecule has 0 heterocycles. The maximum Gasteiger partial charge on any atom is 0.343 e. The smallest absolute Gasteiger partial charge is 0.343 e. The van der Waals surface area contributed by atoms with Crippen LogP contribution in [0.15, 0.2) is 82.4 Å². The zero-order valence-electron chi connectivity index (χ0n) is 15.5. The molecule has 3 aromatic carbocycles. The number of hydrogen-bond donors (Lipinski definition) is 1. The van der Waals surface area contributed by atoms with Crippen molar-refractivity contribution in [2.75, 3.05) is 6.61 Å². The Hall–Kier alpha value is -3.52. The number of benzene rings is 3. The molecule has 30 heavy (non-hydrogen) atoms. The quantitative estimate of drug-likeness (QED) is 0.241. The normalized spacial score (nSPS) is 10.6. The van der Waals surface area contributed by atoms with Gasteiger partial charge in [0.25, 0.3) is 5.91 Å². The van der Waals surface area contributed by atoms with E-state index in [0.29, 0.717) is 22.6 Å². The number of nitrogens with one attached hydrogen (secondary N) is 1. The van der Waals surface area contributed by atoms with E-state index in [1.165, 1.54) is 30.5 Å². The summed E-state index contributed by atoms with van der Waals surface area (Å²) in [4.78, 5) is 23.8. The SMILES string of the molecule is O=C(COc1ccc(F)cc1)N/N=C/c1ccc(OC(=O)c2ccc(Br)cc2)cc1. The average molecular weight is 471 g/mol. The van der Waals surface area contributed by atoms with Gasteiger partial charge in [0, 0.05) is 4.47 Å². The third-order valence-electron chi connectivity index (χ3n) is 3.76. The van der Waals surface area contributed by atoms with E-state index in [-0.39, 0.29) is 12.4 Å². The zero-order valence-corrected chi connectivity index (χ0v) is 17.1. The molecule has 0 unspecified atom stereocenters. The summed E-state index contributed by atoms with van der Waals surface area (Å²) in [5, 5.41) is 3.84. The third kappa shape index (κ3) is 6.52. The van der Waals surface area contributed by atoms with Gasteiger partial charge in [-0.2, -0.15) is 5.10 Å². The first-order valence-corrected chi connectivity index (χ1v) is 9.57. The number of hydrazone groups is 1. The van der Waals surface area contributed by atoms with Gasteiger partial charge in [-0.3, -0.25) is 4.79 Å². The fraction of sp³-hybridized carbons (Fsp3) is 0.0455. The van der Waals surface area contributed by atoms with Crippen LogP contribution in [0, 0.1) is 5.82 Å². The molecule has 0 radical (unpaired) electrons. The molecule has 0 atom stereocenters. The van der Waals surface area contributed by atoms with Crippen molar-refractivity contribution < 1.29 is 23.5 Å². The molecule has 0 aromatic heterocycles. The van der Waals surface area contributed by atoms with Crippen LogP contribution in [-0.2, 0) is 4.79 Å². The number of ether oxygens (including phenoxy) is 2. The van der Waals surface area contributed by atoms with Crippen LogP contribution in [0.1, 0.15) is 15.9 Å². The molecule has 0 bridgehead atoms. The number of halogens is 2. The molecule has 152 valence electrons. The molecule has 6 nitrogen and oxygen atoms in total. The first-order chi connectivity index (χ1) is 14.5. The van der Waals surface area contributed by atoms with Crippen LogP contribution in [-0.4, -0.2) is 24.7 Å². The lowest BCUT2D eigenvalue weighted by molar-refractivity contribution is -0.123. The number of hydrogen-bond acceptors (Lipinski definition) is 5. The van der Waals surface area contributed by atoms with Crippen LogP contribution in [0.2, 0.25) is 0 Å². The minimum atomic E-state index is -0.462. The van der Waals surface area contributed by atoms with Gasteiger partial charge in [0.1, 0.15) is 17.3 Å². The van der Waals surface area contributed by atoms with Crippen molar-refractivity contribution in [3.8, 4) is 11.5 Å². The zero-order chi connectivity index (χ0) is 21.3. The van der Waals surface area contributed by atoms with Crippen LogP contribution in [0.4, 0.5) is 4.39 Å². The van der Waals surface area contributed by atoms with Gasteiger partial charge in [-0.05, 0) is 78.4 Å². The summed E-state index contributed by atoms with van der Waals surface area (Å²) in [6, 6.07) is 18.8. The third-order valence-corrected chi connectivity index (χ3v) is 4.29. The molecule has 0 spiro atoms. The minimum Gasteiger partial charge on any atom is -0.484 e. The van der Waals surface area contributed by atoms with Crippen LogP contribution in [0.5, 0.6) is 11.5 Å². The molecule has 8 heteroatoms. The van der Waals surface area contributed by atoms with Gasteiger partial charge in [0.15, 0.2) is 6.61 Å². The van der Waals surface area contributed by atoms with Crippen molar-refractivity contribution in [2.45, 2.75) is 0 Å². The van der Waals surface area contributed by atoms with Crippen LogP contribution < -0.4 is 14.9 Å². The predicted octanol–water partition coefficient (Wildman–Crippen LogP) is 4.34. The summed E-state index contributed by atoms with van der Waals surface area (Å²) in [6.07, 6.45) is 1.44. The second-order valence-electron chi connectivity index (χ2n) is 6.00. The first-order valence-electron chi connectivity index (χ1n) is 8.78. The summed E-state index contributed by atoms with van der Waals surface area (Å²) in [5.74, 6) is -0.543. The summed E-state index contributed by atoms with van der Waals surface area (Å²) < 4.78 is 24.2. The minimum absolute atomic E-state index is 0.256. The lowest BCUT2D eigenvalue weighted by Gasteiger charge is -2.05. The van der Waals surface area contributed by atoms with Gasteiger partial charge in [-0.1, -0.05) is 15.9 Å². The van der Waals surface area contributed by atoms with E-state index >= 15 is 0 Å². The van der Waals surface area contributed by atoms with E-state index in [9.17, 15) is 14.0 Å². The molecular formula is C22H16BrFN2O4. The van der Waals surface area contributed by atoms with Crippen LogP contribution in [0.3, 0.4) is 0 Å². The number of rotatable bonds is 7. The number of nitrogens with zero attached hydrogens (tertiary/aromatic N) is 1. The van der Waals surface area contributed by atoms with Crippen molar-refractivity contribution in [1.29, 1.82) is 0 Å². The molecule has 0 saturated carbocycles. The molecule has 0 aliphatic carbocycles. The second-order valence-corrected chi connectivity index (χ2v) is 6.92. The Labute approximate surface area is 180 Å². The number of esters is 1. The Bertz CT molecular complexity index is 1040. The summed E-state index contributed by atoms with van der Waals surface area (Å²) in [6.45, 7) is -0.256. The maximum atomic E-state index is 12.8. The van der Waals surface area contributed by atoms with E-state index in [0.717, 1.165) is 4.47 Å². The van der Waals surface area contributed by atoms with Crippen molar-refractivity contribution in [2.24, 2.45) is 5.10 Å². The topological polar surface area (TPSA) is 77.0 Å². The van der Waals surface area contributed by atoms with Gasteiger partial charge in [-0.25, -0.2) is 14.6 Å². The van der Waals surface area contributed by atoms with Crippen molar-refractivity contribution in [3.05, 3.63) is 94.2 Å².